The maximum Gasteiger partial charge on any atom is 0.410 e. The van der Waals surface area contributed by atoms with Crippen molar-refractivity contribution in [2.24, 2.45) is 5.41 Å². The van der Waals surface area contributed by atoms with Crippen LogP contribution in [0, 0.1) is 5.41 Å². The lowest BCUT2D eigenvalue weighted by atomic mass is 9.80. The SMILES string of the molecule is CC(C)(C)OC(=O)N1CCC(C)(C(=O)NS)CC1. The van der Waals surface area contributed by atoms with Crippen LogP contribution in [0.25, 0.3) is 0 Å². The fourth-order valence-electron chi connectivity index (χ4n) is 1.87. The Morgan fingerprint density at radius 2 is 1.78 bits per heavy atom. The van der Waals surface area contributed by atoms with E-state index < -0.39 is 11.0 Å². The molecule has 1 rings (SSSR count). The molecule has 1 saturated heterocycles. The van der Waals surface area contributed by atoms with Gasteiger partial charge in [0.05, 0.1) is 5.41 Å². The van der Waals surface area contributed by atoms with E-state index in [9.17, 15) is 9.59 Å². The number of rotatable bonds is 1. The first kappa shape index (κ1) is 15.1. The lowest BCUT2D eigenvalue weighted by Crippen LogP contribution is -2.48. The highest BCUT2D eigenvalue weighted by atomic mass is 32.1. The Labute approximate surface area is 114 Å². The summed E-state index contributed by atoms with van der Waals surface area (Å²) < 4.78 is 7.68. The summed E-state index contributed by atoms with van der Waals surface area (Å²) in [5.41, 5.74) is -0.930. The molecule has 1 heterocycles. The minimum Gasteiger partial charge on any atom is -0.444 e. The van der Waals surface area contributed by atoms with Gasteiger partial charge in [0.2, 0.25) is 5.91 Å². The van der Waals surface area contributed by atoms with Gasteiger partial charge >= 0.3 is 6.09 Å². The van der Waals surface area contributed by atoms with E-state index in [0.717, 1.165) is 0 Å². The maximum absolute atomic E-state index is 11.9. The van der Waals surface area contributed by atoms with Gasteiger partial charge in [0.1, 0.15) is 5.60 Å². The van der Waals surface area contributed by atoms with Crippen LogP contribution >= 0.6 is 12.8 Å². The Hall–Kier alpha value is -0.910. The number of thiol groups is 1. The molecule has 1 aliphatic rings. The van der Waals surface area contributed by atoms with E-state index in [1.54, 1.807) is 4.90 Å². The molecule has 5 nitrogen and oxygen atoms in total. The van der Waals surface area contributed by atoms with Crippen LogP contribution in [0.2, 0.25) is 0 Å². The number of nitrogens with one attached hydrogen (secondary N) is 1. The highest BCUT2D eigenvalue weighted by Gasteiger charge is 2.38. The van der Waals surface area contributed by atoms with Crippen LogP contribution in [0.15, 0.2) is 0 Å². The largest absolute Gasteiger partial charge is 0.444 e. The molecule has 0 aromatic rings. The van der Waals surface area contributed by atoms with Gasteiger partial charge in [0.25, 0.3) is 0 Å². The Morgan fingerprint density at radius 3 is 2.17 bits per heavy atom. The first-order chi connectivity index (χ1) is 8.18. The Bertz CT molecular complexity index is 331. The van der Waals surface area contributed by atoms with Gasteiger partial charge < -0.3 is 14.4 Å². The highest BCUT2D eigenvalue weighted by Crippen LogP contribution is 2.31. The monoisotopic (exact) mass is 274 g/mol. The van der Waals surface area contributed by atoms with E-state index in [1.165, 1.54) is 0 Å². The van der Waals surface area contributed by atoms with E-state index in [4.69, 9.17) is 4.74 Å². The lowest BCUT2D eigenvalue weighted by Gasteiger charge is -2.38. The number of hydrogen-bond donors (Lipinski definition) is 2. The molecule has 6 heteroatoms. The van der Waals surface area contributed by atoms with Crippen molar-refractivity contribution in [3.8, 4) is 0 Å². The van der Waals surface area contributed by atoms with Crippen molar-refractivity contribution >= 4 is 24.8 Å². The van der Waals surface area contributed by atoms with Crippen molar-refractivity contribution in [1.82, 2.24) is 9.62 Å². The zero-order valence-electron chi connectivity index (χ0n) is 11.4. The first-order valence-electron chi connectivity index (χ1n) is 6.10. The quantitative estimate of drug-likeness (QED) is 0.719. The Kier molecular flexibility index (Phi) is 4.53. The maximum atomic E-state index is 11.9. The fraction of sp³-hybridized carbons (Fsp3) is 0.833. The molecule has 0 saturated carbocycles. The van der Waals surface area contributed by atoms with E-state index in [1.807, 2.05) is 27.7 Å². The third-order valence-electron chi connectivity index (χ3n) is 3.17. The normalized spacial score (nSPS) is 19.3. The van der Waals surface area contributed by atoms with Crippen molar-refractivity contribution in [3.63, 3.8) is 0 Å². The van der Waals surface area contributed by atoms with E-state index in [2.05, 4.69) is 17.5 Å². The lowest BCUT2D eigenvalue weighted by molar-refractivity contribution is -0.130. The Morgan fingerprint density at radius 1 is 1.28 bits per heavy atom. The van der Waals surface area contributed by atoms with Crippen molar-refractivity contribution in [1.29, 1.82) is 0 Å². The molecule has 104 valence electrons. The molecule has 0 atom stereocenters. The molecule has 0 aliphatic carbocycles. The minimum absolute atomic E-state index is 0.0883. The fourth-order valence-corrected chi connectivity index (χ4v) is 2.14. The molecule has 0 unspecified atom stereocenters. The van der Waals surface area contributed by atoms with Gasteiger partial charge in [0.15, 0.2) is 0 Å². The molecular weight excluding hydrogens is 252 g/mol. The number of likely N-dealkylation sites (tertiary alicyclic amines) is 1. The number of piperidine rings is 1. The first-order valence-corrected chi connectivity index (χ1v) is 6.55. The van der Waals surface area contributed by atoms with Gasteiger partial charge in [-0.3, -0.25) is 4.79 Å². The molecule has 1 aliphatic heterocycles. The molecule has 1 N–H and O–H groups in total. The zero-order chi connectivity index (χ0) is 14.0. The van der Waals surface area contributed by atoms with Crippen LogP contribution in [0.4, 0.5) is 4.79 Å². The topological polar surface area (TPSA) is 58.6 Å². The summed E-state index contributed by atoms with van der Waals surface area (Å²) >= 11 is 3.79. The van der Waals surface area contributed by atoms with Crippen LogP contribution < -0.4 is 4.72 Å². The summed E-state index contributed by atoms with van der Waals surface area (Å²) in [4.78, 5) is 25.2. The van der Waals surface area contributed by atoms with Crippen LogP contribution in [0.5, 0.6) is 0 Å². The second-order valence-corrected chi connectivity index (χ2v) is 6.19. The molecule has 1 fully saturated rings. The third-order valence-corrected chi connectivity index (χ3v) is 3.37. The summed E-state index contributed by atoms with van der Waals surface area (Å²) in [7, 11) is 0. The highest BCUT2D eigenvalue weighted by molar-refractivity contribution is 7.78. The molecule has 0 bridgehead atoms. The van der Waals surface area contributed by atoms with Crippen LogP contribution in [0.3, 0.4) is 0 Å². The van der Waals surface area contributed by atoms with Gasteiger partial charge in [-0.2, -0.15) is 0 Å². The predicted molar refractivity (Wildman–Crippen MR) is 72.3 cm³/mol. The molecule has 2 amide bonds. The summed E-state index contributed by atoms with van der Waals surface area (Å²) in [6.45, 7) is 8.48. The van der Waals surface area contributed by atoms with Crippen molar-refractivity contribution in [3.05, 3.63) is 0 Å². The smallest absolute Gasteiger partial charge is 0.410 e. The van der Waals surface area contributed by atoms with E-state index in [-0.39, 0.29) is 12.0 Å². The predicted octanol–water partition coefficient (Wildman–Crippen LogP) is 1.98. The third kappa shape index (κ3) is 3.80. The molecule has 0 aromatic carbocycles. The number of ether oxygens (including phenoxy) is 1. The standard InChI is InChI=1S/C12H22N2O3S/c1-11(2,3)17-10(16)14-7-5-12(4,6-8-14)9(15)13-18/h18H,5-8H2,1-4H3,(H,13,15). The van der Waals surface area contributed by atoms with Gasteiger partial charge in [-0.25, -0.2) is 4.79 Å². The summed E-state index contributed by atoms with van der Waals surface area (Å²) in [5, 5.41) is 0. The average molecular weight is 274 g/mol. The molecule has 0 spiro atoms. The zero-order valence-corrected chi connectivity index (χ0v) is 12.3. The van der Waals surface area contributed by atoms with Crippen molar-refractivity contribution in [2.45, 2.75) is 46.1 Å². The van der Waals surface area contributed by atoms with Gasteiger partial charge in [-0.05, 0) is 33.6 Å². The number of nitrogens with zero attached hydrogens (tertiary/aromatic N) is 1. The molecular formula is C12H22N2O3S. The van der Waals surface area contributed by atoms with Crippen LogP contribution in [-0.4, -0.2) is 35.6 Å². The van der Waals surface area contributed by atoms with Crippen molar-refractivity contribution < 1.29 is 14.3 Å². The number of carbonyl (C=O) groups is 2. The van der Waals surface area contributed by atoms with Gasteiger partial charge in [-0.1, -0.05) is 19.7 Å². The second kappa shape index (κ2) is 5.38. The van der Waals surface area contributed by atoms with Gasteiger partial charge in [-0.15, -0.1) is 0 Å². The summed E-state index contributed by atoms with van der Waals surface area (Å²) in [6, 6.07) is 0. The van der Waals surface area contributed by atoms with Crippen molar-refractivity contribution in [2.75, 3.05) is 13.1 Å². The van der Waals surface area contributed by atoms with Gasteiger partial charge in [0, 0.05) is 13.1 Å². The minimum atomic E-state index is -0.486. The van der Waals surface area contributed by atoms with E-state index in [0.29, 0.717) is 25.9 Å². The number of carbonyl (C=O) groups excluding carboxylic acids is 2. The molecule has 0 aromatic heterocycles. The molecule has 0 radical (unpaired) electrons. The summed E-state index contributed by atoms with van der Waals surface area (Å²) in [6.07, 6.45) is 0.938. The summed E-state index contributed by atoms with van der Waals surface area (Å²) in [5.74, 6) is -0.0883. The second-order valence-electron chi connectivity index (χ2n) is 5.97. The average Bonchev–Trinajstić information content (AvgIpc) is 2.26. The van der Waals surface area contributed by atoms with Crippen LogP contribution in [-0.2, 0) is 9.53 Å². The van der Waals surface area contributed by atoms with Crippen LogP contribution in [0.1, 0.15) is 40.5 Å². The van der Waals surface area contributed by atoms with E-state index >= 15 is 0 Å². The Balaban J connectivity index is 2.54. The molecule has 18 heavy (non-hydrogen) atoms. The number of amides is 2. The number of hydrogen-bond acceptors (Lipinski definition) is 4.